The zero-order chi connectivity index (χ0) is 19.0. The average molecular weight is 377 g/mol. The highest BCUT2D eigenvalue weighted by Crippen LogP contribution is 2.35. The molecule has 0 unspecified atom stereocenters. The van der Waals surface area contributed by atoms with Crippen molar-refractivity contribution < 1.29 is 4.92 Å². The Morgan fingerprint density at radius 1 is 1.11 bits per heavy atom. The first kappa shape index (κ1) is 17.1. The molecule has 4 rings (SSSR count). The minimum atomic E-state index is -0.434. The van der Waals surface area contributed by atoms with Crippen LogP contribution in [0.4, 0.5) is 5.69 Å². The van der Waals surface area contributed by atoms with E-state index in [1.807, 2.05) is 37.3 Å². The lowest BCUT2D eigenvalue weighted by Gasteiger charge is -2.07. The molecule has 2 aromatic carbocycles. The molecule has 0 spiro atoms. The fourth-order valence-corrected chi connectivity index (χ4v) is 4.21. The van der Waals surface area contributed by atoms with Gasteiger partial charge in [-0.3, -0.25) is 19.5 Å². The van der Waals surface area contributed by atoms with Crippen LogP contribution in [-0.2, 0) is 6.54 Å². The summed E-state index contributed by atoms with van der Waals surface area (Å²) in [4.78, 5) is 30.1. The van der Waals surface area contributed by atoms with Crippen molar-refractivity contribution in [3.63, 3.8) is 0 Å². The number of hydrogen-bond acceptors (Lipinski definition) is 5. The van der Waals surface area contributed by atoms with Gasteiger partial charge >= 0.3 is 0 Å². The largest absolute Gasteiger partial charge is 0.294 e. The van der Waals surface area contributed by atoms with Crippen molar-refractivity contribution in [2.75, 3.05) is 0 Å². The smallest absolute Gasteiger partial charge is 0.274 e. The first-order chi connectivity index (χ1) is 13.1. The summed E-state index contributed by atoms with van der Waals surface area (Å²) in [6.07, 6.45) is 1.46. The predicted octanol–water partition coefficient (Wildman–Crippen LogP) is 4.39. The normalized spacial score (nSPS) is 11.0. The van der Waals surface area contributed by atoms with Crippen LogP contribution in [0.25, 0.3) is 21.3 Å². The molecule has 0 atom stereocenters. The van der Waals surface area contributed by atoms with Gasteiger partial charge in [-0.05, 0) is 12.5 Å². The van der Waals surface area contributed by atoms with E-state index in [2.05, 4.69) is 4.98 Å². The quantitative estimate of drug-likeness (QED) is 0.390. The Morgan fingerprint density at radius 3 is 2.56 bits per heavy atom. The van der Waals surface area contributed by atoms with Crippen LogP contribution in [0.1, 0.15) is 10.4 Å². The molecule has 27 heavy (non-hydrogen) atoms. The maximum atomic E-state index is 13.2. The van der Waals surface area contributed by atoms with Crippen LogP contribution in [0.3, 0.4) is 0 Å². The number of nitrogens with zero attached hydrogens (tertiary/aromatic N) is 3. The number of aryl methyl sites for hydroxylation is 1. The van der Waals surface area contributed by atoms with Crippen molar-refractivity contribution in [1.29, 1.82) is 0 Å². The molecule has 0 fully saturated rings. The van der Waals surface area contributed by atoms with Crippen LogP contribution < -0.4 is 5.56 Å². The highest BCUT2D eigenvalue weighted by atomic mass is 32.1. The summed E-state index contributed by atoms with van der Waals surface area (Å²) < 4.78 is 1.43. The fraction of sp³-hybridized carbons (Fsp3) is 0.100. The third kappa shape index (κ3) is 3.02. The summed E-state index contributed by atoms with van der Waals surface area (Å²) in [6, 6.07) is 16.2. The van der Waals surface area contributed by atoms with E-state index in [-0.39, 0.29) is 17.8 Å². The van der Waals surface area contributed by atoms with Gasteiger partial charge in [0.1, 0.15) is 4.83 Å². The van der Waals surface area contributed by atoms with E-state index in [9.17, 15) is 14.9 Å². The molecule has 6 nitrogen and oxygen atoms in total. The minimum absolute atomic E-state index is 0.00530. The number of para-hydroxylation sites is 1. The second-order valence-corrected chi connectivity index (χ2v) is 7.35. The van der Waals surface area contributed by atoms with Gasteiger partial charge in [-0.2, -0.15) is 0 Å². The average Bonchev–Trinajstić information content (AvgIpc) is 3.02. The molecule has 2 aromatic heterocycles. The Morgan fingerprint density at radius 2 is 1.81 bits per heavy atom. The van der Waals surface area contributed by atoms with Gasteiger partial charge in [-0.25, -0.2) is 4.98 Å². The molecule has 0 saturated heterocycles. The number of nitro benzene ring substituents is 1. The van der Waals surface area contributed by atoms with Crippen LogP contribution >= 0.6 is 11.3 Å². The van der Waals surface area contributed by atoms with Gasteiger partial charge in [0.05, 0.1) is 23.2 Å². The van der Waals surface area contributed by atoms with Crippen molar-refractivity contribution in [1.82, 2.24) is 9.55 Å². The lowest BCUT2D eigenvalue weighted by Crippen LogP contribution is -2.21. The minimum Gasteiger partial charge on any atom is -0.294 e. The molecule has 134 valence electrons. The Kier molecular flexibility index (Phi) is 4.29. The van der Waals surface area contributed by atoms with E-state index < -0.39 is 4.92 Å². The Labute approximate surface area is 158 Å². The van der Waals surface area contributed by atoms with E-state index in [4.69, 9.17) is 0 Å². The lowest BCUT2D eigenvalue weighted by molar-refractivity contribution is -0.385. The van der Waals surface area contributed by atoms with Gasteiger partial charge in [0.15, 0.2) is 0 Å². The molecule has 0 saturated carbocycles. The third-order valence-electron chi connectivity index (χ3n) is 4.45. The maximum Gasteiger partial charge on any atom is 0.274 e. The van der Waals surface area contributed by atoms with E-state index in [0.717, 1.165) is 16.0 Å². The number of rotatable bonds is 4. The molecular formula is C20H15N3O3S. The van der Waals surface area contributed by atoms with Gasteiger partial charge in [0.2, 0.25) is 0 Å². The molecule has 0 bridgehead atoms. The van der Waals surface area contributed by atoms with E-state index in [1.54, 1.807) is 18.2 Å². The number of fused-ring (bicyclic) bond motifs is 1. The van der Waals surface area contributed by atoms with Crippen molar-refractivity contribution in [2.24, 2.45) is 0 Å². The highest BCUT2D eigenvalue weighted by molar-refractivity contribution is 7.19. The van der Waals surface area contributed by atoms with Crippen LogP contribution in [0.5, 0.6) is 0 Å². The van der Waals surface area contributed by atoms with Gasteiger partial charge in [-0.15, -0.1) is 11.3 Å². The van der Waals surface area contributed by atoms with E-state index in [0.29, 0.717) is 15.8 Å². The maximum absolute atomic E-state index is 13.2. The Bertz CT molecular complexity index is 1210. The van der Waals surface area contributed by atoms with Crippen LogP contribution in [-0.4, -0.2) is 14.5 Å². The molecule has 0 aliphatic heterocycles. The summed E-state index contributed by atoms with van der Waals surface area (Å²) in [5, 5.41) is 11.8. The van der Waals surface area contributed by atoms with Gasteiger partial charge in [0.25, 0.3) is 11.2 Å². The number of nitro groups is 1. The van der Waals surface area contributed by atoms with E-state index in [1.165, 1.54) is 28.3 Å². The standard InChI is InChI=1S/C20H15N3O3S/c1-13-17(14-7-3-2-4-8-14)18-19(27-13)21-12-22(20(18)24)11-15-9-5-6-10-16(15)23(25)26/h2-10,12H,11H2,1H3. The number of thiophene rings is 1. The van der Waals surface area contributed by atoms with Crippen molar-refractivity contribution in [2.45, 2.75) is 13.5 Å². The molecule has 0 aliphatic carbocycles. The third-order valence-corrected chi connectivity index (χ3v) is 5.46. The molecule has 0 aliphatic rings. The van der Waals surface area contributed by atoms with Gasteiger partial charge in [0, 0.05) is 22.1 Å². The van der Waals surface area contributed by atoms with Gasteiger partial charge < -0.3 is 0 Å². The number of aromatic nitrogens is 2. The molecule has 4 aromatic rings. The van der Waals surface area contributed by atoms with E-state index >= 15 is 0 Å². The number of hydrogen-bond donors (Lipinski definition) is 0. The SMILES string of the molecule is Cc1sc2ncn(Cc3ccccc3[N+](=O)[O-])c(=O)c2c1-c1ccccc1. The molecule has 0 amide bonds. The van der Waals surface area contributed by atoms with Crippen LogP contribution in [0, 0.1) is 17.0 Å². The second kappa shape index (κ2) is 6.77. The number of benzene rings is 2. The van der Waals surface area contributed by atoms with Crippen LogP contribution in [0.15, 0.2) is 65.7 Å². The summed E-state index contributed by atoms with van der Waals surface area (Å²) in [5.74, 6) is 0. The molecule has 7 heteroatoms. The van der Waals surface area contributed by atoms with Crippen LogP contribution in [0.2, 0.25) is 0 Å². The monoisotopic (exact) mass is 377 g/mol. The van der Waals surface area contributed by atoms with Crippen molar-refractivity contribution in [3.8, 4) is 11.1 Å². The van der Waals surface area contributed by atoms with Crippen molar-refractivity contribution in [3.05, 3.63) is 91.8 Å². The molecule has 2 heterocycles. The summed E-state index contributed by atoms with van der Waals surface area (Å²) in [6.45, 7) is 2.07. The molecule has 0 N–H and O–H groups in total. The molecular weight excluding hydrogens is 362 g/mol. The zero-order valence-electron chi connectivity index (χ0n) is 14.5. The molecule has 0 radical (unpaired) electrons. The predicted molar refractivity (Wildman–Crippen MR) is 106 cm³/mol. The summed E-state index contributed by atoms with van der Waals surface area (Å²) >= 11 is 1.48. The zero-order valence-corrected chi connectivity index (χ0v) is 15.3. The topological polar surface area (TPSA) is 78.0 Å². The Hall–Kier alpha value is -3.32. The first-order valence-corrected chi connectivity index (χ1v) is 9.14. The van der Waals surface area contributed by atoms with Crippen molar-refractivity contribution >= 4 is 27.2 Å². The lowest BCUT2D eigenvalue weighted by atomic mass is 10.0. The Balaban J connectivity index is 1.89. The fourth-order valence-electron chi connectivity index (χ4n) is 3.21. The van der Waals surface area contributed by atoms with Gasteiger partial charge in [-0.1, -0.05) is 48.5 Å². The first-order valence-electron chi connectivity index (χ1n) is 8.32. The summed E-state index contributed by atoms with van der Waals surface area (Å²) in [7, 11) is 0. The summed E-state index contributed by atoms with van der Waals surface area (Å²) in [5.41, 5.74) is 2.11. The second-order valence-electron chi connectivity index (χ2n) is 6.14. The highest BCUT2D eigenvalue weighted by Gasteiger charge is 2.18.